The molecule has 4 nitrogen and oxygen atoms in total. The van der Waals surface area contributed by atoms with Gasteiger partial charge in [-0.05, 0) is 36.5 Å². The quantitative estimate of drug-likeness (QED) is 0.767. The molecular weight excluding hydrogens is 367 g/mol. The van der Waals surface area contributed by atoms with E-state index in [4.69, 9.17) is 5.10 Å². The van der Waals surface area contributed by atoms with Crippen LogP contribution >= 0.6 is 0 Å². The number of allylic oxidation sites excluding steroid dienone is 1. The smallest absolute Gasteiger partial charge is 0.176 e. The Balaban J connectivity index is 1.43. The van der Waals surface area contributed by atoms with Crippen molar-refractivity contribution in [3.63, 3.8) is 0 Å². The Morgan fingerprint density at radius 2 is 1.57 bits per heavy atom. The Labute approximate surface area is 180 Å². The van der Waals surface area contributed by atoms with Gasteiger partial charge >= 0.3 is 0 Å². The van der Waals surface area contributed by atoms with Gasteiger partial charge in [-0.25, -0.2) is 9.97 Å². The molecule has 1 aliphatic heterocycles. The van der Waals surface area contributed by atoms with E-state index in [0.29, 0.717) is 5.92 Å². The van der Waals surface area contributed by atoms with E-state index < -0.39 is 0 Å². The van der Waals surface area contributed by atoms with Crippen molar-refractivity contribution < 1.29 is 0 Å². The second-order valence-corrected chi connectivity index (χ2v) is 9.14. The first-order valence-corrected chi connectivity index (χ1v) is 11.8. The number of nitrogens with one attached hydrogen (secondary N) is 1. The highest BCUT2D eigenvalue weighted by Crippen LogP contribution is 2.36. The minimum absolute atomic E-state index is 0.321. The number of benzene rings is 1. The zero-order valence-corrected chi connectivity index (χ0v) is 17.8. The van der Waals surface area contributed by atoms with Crippen molar-refractivity contribution in [3.8, 4) is 0 Å². The molecule has 154 valence electrons. The molecule has 1 N–H and O–H groups in total. The molecule has 0 bridgehead atoms. The zero-order chi connectivity index (χ0) is 20.2. The van der Waals surface area contributed by atoms with Crippen LogP contribution in [0.1, 0.15) is 75.6 Å². The third-order valence-electron chi connectivity index (χ3n) is 7.09. The molecule has 0 spiro atoms. The van der Waals surface area contributed by atoms with Gasteiger partial charge in [-0.1, -0.05) is 80.5 Å². The third-order valence-corrected chi connectivity index (χ3v) is 7.09. The van der Waals surface area contributed by atoms with Gasteiger partial charge in [0.15, 0.2) is 13.1 Å². The van der Waals surface area contributed by atoms with Gasteiger partial charge in [0.05, 0.1) is 5.70 Å². The zero-order valence-electron chi connectivity index (χ0n) is 17.8. The molecule has 1 unspecified atom stereocenters. The van der Waals surface area contributed by atoms with Gasteiger partial charge in [0.1, 0.15) is 5.71 Å². The predicted octanol–water partition coefficient (Wildman–Crippen LogP) is 4.59. The number of hydrogen-bond acceptors (Lipinski definition) is 4. The fourth-order valence-corrected chi connectivity index (χ4v) is 5.48. The summed E-state index contributed by atoms with van der Waals surface area (Å²) in [6.07, 6.45) is 16.6. The Hall–Kier alpha value is -2.43. The fraction of sp³-hybridized carbons (Fsp3) is 0.480. The first kappa shape index (κ1) is 19.5. The standard InChI is InChI=1S/C25H31BN4/c1-2-4-11-22-21(10-3-1)23(29-30-24(22)25-27-16-7-17-28-25)18-12-14-20(15-13-18)26-19-8-5-6-9-19/h7,12-17,19,22,26,29H,1-6,8-11H2. The highest BCUT2D eigenvalue weighted by molar-refractivity contribution is 6.55. The molecule has 2 heterocycles. The summed E-state index contributed by atoms with van der Waals surface area (Å²) >= 11 is 0. The van der Waals surface area contributed by atoms with Gasteiger partial charge in [0.25, 0.3) is 0 Å². The van der Waals surface area contributed by atoms with Crippen molar-refractivity contribution in [3.05, 3.63) is 59.7 Å². The van der Waals surface area contributed by atoms with Crippen molar-refractivity contribution in [2.45, 2.75) is 70.0 Å². The van der Waals surface area contributed by atoms with E-state index in [9.17, 15) is 0 Å². The van der Waals surface area contributed by atoms with Gasteiger partial charge in [-0.15, -0.1) is 0 Å². The lowest BCUT2D eigenvalue weighted by Gasteiger charge is -2.30. The first-order valence-electron chi connectivity index (χ1n) is 11.8. The lowest BCUT2D eigenvalue weighted by molar-refractivity contribution is 0.520. The Morgan fingerprint density at radius 1 is 0.833 bits per heavy atom. The normalized spacial score (nSPS) is 22.5. The number of aromatic nitrogens is 2. The Bertz CT molecular complexity index is 914. The van der Waals surface area contributed by atoms with Crippen LogP contribution in [0, 0.1) is 5.92 Å². The highest BCUT2D eigenvalue weighted by Gasteiger charge is 2.31. The van der Waals surface area contributed by atoms with Gasteiger partial charge in [0, 0.05) is 18.3 Å². The average molecular weight is 398 g/mol. The van der Waals surface area contributed by atoms with Crippen LogP contribution in [0.15, 0.2) is 53.4 Å². The first-order chi connectivity index (χ1) is 14.9. The molecule has 3 aliphatic rings. The summed E-state index contributed by atoms with van der Waals surface area (Å²) in [4.78, 5) is 9.00. The van der Waals surface area contributed by atoms with Crippen molar-refractivity contribution >= 4 is 24.2 Å². The maximum absolute atomic E-state index is 4.80. The SMILES string of the molecule is B(c1ccc(C2=C3CCCCCCC3C(c3ncccn3)=NN2)cc1)C1CCCC1. The summed E-state index contributed by atoms with van der Waals surface area (Å²) in [5, 5.41) is 4.80. The number of rotatable bonds is 4. The second kappa shape index (κ2) is 9.15. The van der Waals surface area contributed by atoms with Crippen molar-refractivity contribution in [1.29, 1.82) is 0 Å². The molecule has 30 heavy (non-hydrogen) atoms. The van der Waals surface area contributed by atoms with E-state index in [-0.39, 0.29) is 0 Å². The predicted molar refractivity (Wildman–Crippen MR) is 125 cm³/mol. The number of hydrazone groups is 1. The van der Waals surface area contributed by atoms with Gasteiger partial charge in [-0.2, -0.15) is 5.10 Å². The minimum Gasteiger partial charge on any atom is -0.278 e. The largest absolute Gasteiger partial charge is 0.278 e. The van der Waals surface area contributed by atoms with Gasteiger partial charge in [0.2, 0.25) is 0 Å². The summed E-state index contributed by atoms with van der Waals surface area (Å²) in [7, 11) is 1.23. The van der Waals surface area contributed by atoms with Crippen LogP contribution in [0.2, 0.25) is 5.82 Å². The lowest BCUT2D eigenvalue weighted by Crippen LogP contribution is -2.31. The van der Waals surface area contributed by atoms with Gasteiger partial charge < -0.3 is 0 Å². The average Bonchev–Trinajstić information content (AvgIpc) is 3.28. The summed E-state index contributed by atoms with van der Waals surface area (Å²) in [6.45, 7) is 0. The molecule has 2 saturated carbocycles. The van der Waals surface area contributed by atoms with Crippen molar-refractivity contribution in [2.24, 2.45) is 11.0 Å². The van der Waals surface area contributed by atoms with Gasteiger partial charge in [-0.3, -0.25) is 5.43 Å². The van der Waals surface area contributed by atoms with Crippen LogP contribution in [0.3, 0.4) is 0 Å². The summed E-state index contributed by atoms with van der Waals surface area (Å²) in [6, 6.07) is 11.1. The number of hydrogen-bond donors (Lipinski definition) is 1. The highest BCUT2D eigenvalue weighted by atomic mass is 15.3. The van der Waals surface area contributed by atoms with Crippen LogP contribution in [0.4, 0.5) is 0 Å². The number of nitrogens with zero attached hydrogens (tertiary/aromatic N) is 3. The molecular formula is C25H31BN4. The number of fused-ring (bicyclic) bond motifs is 1. The van der Waals surface area contributed by atoms with Crippen LogP contribution in [0.5, 0.6) is 0 Å². The topological polar surface area (TPSA) is 50.2 Å². The molecule has 2 fully saturated rings. The van der Waals surface area contributed by atoms with Crippen LogP contribution in [-0.4, -0.2) is 23.0 Å². The lowest BCUT2D eigenvalue weighted by atomic mass is 9.58. The minimum atomic E-state index is 0.321. The maximum atomic E-state index is 4.80. The molecule has 0 saturated heterocycles. The van der Waals surface area contributed by atoms with Crippen LogP contribution in [0.25, 0.3) is 5.70 Å². The molecule has 1 atom stereocenters. The van der Waals surface area contributed by atoms with E-state index in [0.717, 1.165) is 30.2 Å². The van der Waals surface area contributed by atoms with Crippen LogP contribution < -0.4 is 10.9 Å². The molecule has 0 radical (unpaired) electrons. The summed E-state index contributed by atoms with van der Waals surface area (Å²) in [5.74, 6) is 1.97. The molecule has 0 amide bonds. The van der Waals surface area contributed by atoms with E-state index in [1.807, 2.05) is 18.5 Å². The summed E-state index contributed by atoms with van der Waals surface area (Å²) in [5.41, 5.74) is 9.87. The summed E-state index contributed by atoms with van der Waals surface area (Å²) < 4.78 is 0. The molecule has 1 aromatic carbocycles. The molecule has 5 rings (SSSR count). The van der Waals surface area contributed by atoms with E-state index in [1.165, 1.54) is 80.9 Å². The molecule has 2 aromatic rings. The Kier molecular flexibility index (Phi) is 5.96. The fourth-order valence-electron chi connectivity index (χ4n) is 5.48. The monoisotopic (exact) mass is 398 g/mol. The molecule has 5 heteroatoms. The maximum Gasteiger partial charge on any atom is 0.176 e. The molecule has 1 aromatic heterocycles. The van der Waals surface area contributed by atoms with Crippen molar-refractivity contribution in [2.75, 3.05) is 0 Å². The second-order valence-electron chi connectivity index (χ2n) is 9.14. The van der Waals surface area contributed by atoms with Crippen LogP contribution in [-0.2, 0) is 0 Å². The molecule has 2 aliphatic carbocycles. The van der Waals surface area contributed by atoms with Crippen molar-refractivity contribution in [1.82, 2.24) is 15.4 Å². The van der Waals surface area contributed by atoms with E-state index in [2.05, 4.69) is 39.7 Å². The third kappa shape index (κ3) is 4.21. The van der Waals surface area contributed by atoms with E-state index in [1.54, 1.807) is 0 Å². The Morgan fingerprint density at radius 3 is 2.37 bits per heavy atom. The van der Waals surface area contributed by atoms with E-state index >= 15 is 0 Å².